The lowest BCUT2D eigenvalue weighted by molar-refractivity contribution is 0.102. The van der Waals surface area contributed by atoms with Crippen LogP contribution in [0.5, 0.6) is 0 Å². The number of nitrogens with zero attached hydrogens (tertiary/aromatic N) is 6. The minimum absolute atomic E-state index is 0.212. The number of anilines is 2. The largest absolute Gasteiger partial charge is 0.354 e. The maximum atomic E-state index is 12.8. The number of fused-ring (bicyclic) bond motifs is 1. The molecule has 1 saturated heterocycles. The number of rotatable bonds is 4. The van der Waals surface area contributed by atoms with Crippen molar-refractivity contribution in [2.45, 2.75) is 0 Å². The molecule has 4 aromatic rings. The lowest BCUT2D eigenvalue weighted by atomic mass is 10.1. The highest BCUT2D eigenvalue weighted by molar-refractivity contribution is 6.05. The van der Waals surface area contributed by atoms with Gasteiger partial charge in [-0.3, -0.25) is 9.48 Å². The van der Waals surface area contributed by atoms with Gasteiger partial charge in [0.05, 0.1) is 6.20 Å². The Morgan fingerprint density at radius 2 is 1.94 bits per heavy atom. The molecule has 2 N–H and O–H groups in total. The van der Waals surface area contributed by atoms with Crippen LogP contribution in [0.2, 0.25) is 0 Å². The molecule has 0 bridgehead atoms. The minimum atomic E-state index is -0.212. The summed E-state index contributed by atoms with van der Waals surface area (Å²) in [4.78, 5) is 23.8. The van der Waals surface area contributed by atoms with Crippen LogP contribution in [0.3, 0.4) is 0 Å². The van der Waals surface area contributed by atoms with Crippen LogP contribution < -0.4 is 15.5 Å². The summed E-state index contributed by atoms with van der Waals surface area (Å²) in [5.74, 6) is 1.10. The van der Waals surface area contributed by atoms with E-state index in [0.717, 1.165) is 54.0 Å². The van der Waals surface area contributed by atoms with Gasteiger partial charge in [-0.05, 0) is 29.7 Å². The molecule has 156 valence electrons. The summed E-state index contributed by atoms with van der Waals surface area (Å²) < 4.78 is 1.67. The smallest absolute Gasteiger partial charge is 0.257 e. The van der Waals surface area contributed by atoms with Crippen molar-refractivity contribution in [3.05, 3.63) is 60.6 Å². The quantitative estimate of drug-likeness (QED) is 0.527. The predicted molar refractivity (Wildman–Crippen MR) is 119 cm³/mol. The van der Waals surface area contributed by atoms with E-state index in [1.807, 2.05) is 43.6 Å². The Hall–Kier alpha value is -3.85. The number of piperazine rings is 1. The maximum absolute atomic E-state index is 12.8. The number of hydrogen-bond acceptors (Lipinski definition) is 7. The van der Waals surface area contributed by atoms with E-state index < -0.39 is 0 Å². The molecule has 3 aromatic heterocycles. The van der Waals surface area contributed by atoms with Crippen molar-refractivity contribution in [1.29, 1.82) is 0 Å². The topological polar surface area (TPSA) is 101 Å². The molecular weight excluding hydrogens is 392 g/mol. The number of pyridine rings is 2. The zero-order valence-electron chi connectivity index (χ0n) is 17.1. The maximum Gasteiger partial charge on any atom is 0.257 e. The highest BCUT2D eigenvalue weighted by Crippen LogP contribution is 2.24. The summed E-state index contributed by atoms with van der Waals surface area (Å²) in [6, 6.07) is 11.4. The Balaban J connectivity index is 1.37. The summed E-state index contributed by atoms with van der Waals surface area (Å²) in [6.07, 6.45) is 5.29. The van der Waals surface area contributed by atoms with Crippen LogP contribution in [-0.4, -0.2) is 57.0 Å². The molecule has 5 rings (SSSR count). The molecule has 4 heterocycles. The van der Waals surface area contributed by atoms with Crippen LogP contribution in [0.15, 0.2) is 55.0 Å². The summed E-state index contributed by atoms with van der Waals surface area (Å²) in [7, 11) is 1.84. The van der Waals surface area contributed by atoms with Gasteiger partial charge >= 0.3 is 0 Å². The van der Waals surface area contributed by atoms with Gasteiger partial charge in [-0.2, -0.15) is 0 Å². The van der Waals surface area contributed by atoms with Crippen molar-refractivity contribution in [1.82, 2.24) is 30.3 Å². The van der Waals surface area contributed by atoms with E-state index >= 15 is 0 Å². The highest BCUT2D eigenvalue weighted by atomic mass is 16.1. The molecule has 1 amide bonds. The number of benzene rings is 1. The average molecular weight is 414 g/mol. The van der Waals surface area contributed by atoms with Crippen molar-refractivity contribution in [2.75, 3.05) is 36.4 Å². The first-order valence-corrected chi connectivity index (χ1v) is 10.2. The SMILES string of the molecule is Cn1cc(-c2ccc3cnc(NC(=O)c4ccnc(N5CCNCC5)c4)cc3c2)nn1. The van der Waals surface area contributed by atoms with Crippen LogP contribution in [0.1, 0.15) is 10.4 Å². The van der Waals surface area contributed by atoms with Crippen LogP contribution in [0, 0.1) is 0 Å². The Bertz CT molecular complexity index is 1250. The van der Waals surface area contributed by atoms with E-state index in [4.69, 9.17) is 0 Å². The number of hydrogen-bond donors (Lipinski definition) is 2. The van der Waals surface area contributed by atoms with E-state index in [1.165, 1.54) is 0 Å². The molecule has 0 saturated carbocycles. The van der Waals surface area contributed by atoms with Gasteiger partial charge in [0.1, 0.15) is 17.3 Å². The van der Waals surface area contributed by atoms with Gasteiger partial charge in [-0.1, -0.05) is 17.3 Å². The summed E-state index contributed by atoms with van der Waals surface area (Å²) in [5.41, 5.74) is 2.31. The van der Waals surface area contributed by atoms with Crippen LogP contribution in [-0.2, 0) is 7.05 Å². The monoisotopic (exact) mass is 414 g/mol. The zero-order chi connectivity index (χ0) is 21.2. The van der Waals surface area contributed by atoms with Crippen LogP contribution in [0.25, 0.3) is 22.0 Å². The number of aromatic nitrogens is 5. The van der Waals surface area contributed by atoms with Gasteiger partial charge in [-0.15, -0.1) is 5.10 Å². The first-order valence-electron chi connectivity index (χ1n) is 10.2. The number of aryl methyl sites for hydroxylation is 1. The molecule has 0 radical (unpaired) electrons. The second-order valence-electron chi connectivity index (χ2n) is 7.50. The molecule has 0 unspecified atom stereocenters. The molecule has 0 atom stereocenters. The lowest BCUT2D eigenvalue weighted by Crippen LogP contribution is -2.43. The van der Waals surface area contributed by atoms with E-state index in [0.29, 0.717) is 11.4 Å². The highest BCUT2D eigenvalue weighted by Gasteiger charge is 2.15. The fourth-order valence-corrected chi connectivity index (χ4v) is 3.66. The molecule has 0 spiro atoms. The average Bonchev–Trinajstić information content (AvgIpc) is 3.25. The number of carbonyl (C=O) groups is 1. The minimum Gasteiger partial charge on any atom is -0.354 e. The molecule has 1 aromatic carbocycles. The molecule has 1 aliphatic rings. The van der Waals surface area contributed by atoms with Gasteiger partial charge in [0.25, 0.3) is 5.91 Å². The van der Waals surface area contributed by atoms with E-state index in [2.05, 4.69) is 35.8 Å². The summed E-state index contributed by atoms with van der Waals surface area (Å²) in [6.45, 7) is 3.57. The van der Waals surface area contributed by atoms with Crippen molar-refractivity contribution < 1.29 is 4.79 Å². The van der Waals surface area contributed by atoms with E-state index in [9.17, 15) is 4.79 Å². The second-order valence-corrected chi connectivity index (χ2v) is 7.50. The van der Waals surface area contributed by atoms with Gasteiger partial charge < -0.3 is 15.5 Å². The molecule has 9 heteroatoms. The molecule has 1 aliphatic heterocycles. The van der Waals surface area contributed by atoms with E-state index in [-0.39, 0.29) is 5.91 Å². The number of nitrogens with one attached hydrogen (secondary N) is 2. The van der Waals surface area contributed by atoms with Crippen molar-refractivity contribution >= 4 is 28.3 Å². The van der Waals surface area contributed by atoms with E-state index in [1.54, 1.807) is 23.1 Å². The summed E-state index contributed by atoms with van der Waals surface area (Å²) in [5, 5.41) is 16.3. The van der Waals surface area contributed by atoms with Gasteiger partial charge in [0.2, 0.25) is 0 Å². The fraction of sp³-hybridized carbons (Fsp3) is 0.227. The van der Waals surface area contributed by atoms with Crippen molar-refractivity contribution in [2.24, 2.45) is 7.05 Å². The van der Waals surface area contributed by atoms with Gasteiger partial charge in [0.15, 0.2) is 0 Å². The van der Waals surface area contributed by atoms with Gasteiger partial charge in [0, 0.05) is 62.1 Å². The number of amides is 1. The normalized spacial score (nSPS) is 14.0. The standard InChI is InChI=1S/C22H22N8O/c1-29-14-19(27-28-29)15-2-3-17-13-25-20(11-18(17)10-15)26-22(31)16-4-5-24-21(12-16)30-8-6-23-7-9-30/h2-5,10-14,23H,6-9H2,1H3,(H,25,26,31). The molecule has 31 heavy (non-hydrogen) atoms. The molecule has 9 nitrogen and oxygen atoms in total. The Labute approximate surface area is 179 Å². The third-order valence-electron chi connectivity index (χ3n) is 5.31. The van der Waals surface area contributed by atoms with Crippen molar-refractivity contribution in [3.63, 3.8) is 0 Å². The Morgan fingerprint density at radius 3 is 2.74 bits per heavy atom. The second kappa shape index (κ2) is 8.11. The molecular formula is C22H22N8O. The third-order valence-corrected chi connectivity index (χ3v) is 5.31. The lowest BCUT2D eigenvalue weighted by Gasteiger charge is -2.28. The Kier molecular flexibility index (Phi) is 5.01. The molecule has 1 fully saturated rings. The van der Waals surface area contributed by atoms with Crippen LogP contribution >= 0.6 is 0 Å². The van der Waals surface area contributed by atoms with Crippen LogP contribution in [0.4, 0.5) is 11.6 Å². The fourth-order valence-electron chi connectivity index (χ4n) is 3.66. The summed E-state index contributed by atoms with van der Waals surface area (Å²) >= 11 is 0. The van der Waals surface area contributed by atoms with Gasteiger partial charge in [-0.25, -0.2) is 9.97 Å². The van der Waals surface area contributed by atoms with Crippen molar-refractivity contribution in [3.8, 4) is 11.3 Å². The first-order chi connectivity index (χ1) is 15.2. The Morgan fingerprint density at radius 1 is 1.06 bits per heavy atom. The number of carbonyl (C=O) groups excluding carboxylic acids is 1. The third kappa shape index (κ3) is 4.08. The predicted octanol–water partition coefficient (Wildman–Crippen LogP) is 2.09. The zero-order valence-corrected chi connectivity index (χ0v) is 17.1. The molecule has 0 aliphatic carbocycles. The first kappa shape index (κ1) is 19.1.